The van der Waals surface area contributed by atoms with E-state index in [1.807, 2.05) is 57.5 Å². The molecule has 2 aromatic rings. The van der Waals surface area contributed by atoms with Gasteiger partial charge in [-0.15, -0.1) is 11.3 Å². The molecule has 202 valence electrons. The van der Waals surface area contributed by atoms with Gasteiger partial charge in [-0.25, -0.2) is 4.98 Å². The summed E-state index contributed by atoms with van der Waals surface area (Å²) in [7, 11) is 0. The molecule has 1 aromatic heterocycles. The monoisotopic (exact) mass is 592 g/mol. The first-order valence-electron chi connectivity index (χ1n) is 12.6. The molecule has 1 aliphatic rings. The number of alkyl halides is 1. The number of rotatable bonds is 10. The molecule has 3 N–H and O–H groups in total. The van der Waals surface area contributed by atoms with Gasteiger partial charge in [0.2, 0.25) is 17.7 Å². The van der Waals surface area contributed by atoms with E-state index in [2.05, 4.69) is 31.5 Å². The molecule has 0 aliphatic carbocycles. The number of carbonyl (C=O) groups is 3. The first kappa shape index (κ1) is 29.3. The molecule has 0 radical (unpaired) electrons. The van der Waals surface area contributed by atoms with Crippen LogP contribution in [0.2, 0.25) is 0 Å². The van der Waals surface area contributed by atoms with Crippen molar-refractivity contribution in [3.05, 3.63) is 41.0 Å². The van der Waals surface area contributed by atoms with Crippen molar-refractivity contribution in [1.82, 2.24) is 20.5 Å². The first-order valence-corrected chi connectivity index (χ1v) is 14.6. The Bertz CT molecular complexity index is 1080. The largest absolute Gasteiger partial charge is 0.391 e. The third-order valence-electron chi connectivity index (χ3n) is 6.50. The Labute approximate surface area is 231 Å². The van der Waals surface area contributed by atoms with E-state index in [1.54, 1.807) is 11.3 Å². The Balaban J connectivity index is 1.65. The minimum atomic E-state index is -0.799. The number of likely N-dealkylation sites (tertiary alicyclic amines) is 1. The SMILES string of the molecule is Cc1ncsc1-c1ccc(CNC(=O)C2CC(O)CN2C(=O)C(NC(=O)CCCCBr)C(C)(C)C)cc1. The summed E-state index contributed by atoms with van der Waals surface area (Å²) < 4.78 is 0. The lowest BCUT2D eigenvalue weighted by Gasteiger charge is -2.35. The van der Waals surface area contributed by atoms with E-state index in [0.717, 1.165) is 39.9 Å². The highest BCUT2D eigenvalue weighted by atomic mass is 79.9. The van der Waals surface area contributed by atoms with Gasteiger partial charge >= 0.3 is 0 Å². The molecule has 3 rings (SSSR count). The maximum absolute atomic E-state index is 13.6. The molecule has 0 bridgehead atoms. The second kappa shape index (κ2) is 13.0. The fraction of sp³-hybridized carbons (Fsp3) is 0.556. The quantitative estimate of drug-likeness (QED) is 0.287. The Hall–Kier alpha value is -2.30. The van der Waals surface area contributed by atoms with Gasteiger partial charge in [-0.3, -0.25) is 14.4 Å². The van der Waals surface area contributed by atoms with Crippen LogP contribution in [-0.4, -0.2) is 62.8 Å². The van der Waals surface area contributed by atoms with Gasteiger partial charge in [0.25, 0.3) is 0 Å². The minimum Gasteiger partial charge on any atom is -0.391 e. The van der Waals surface area contributed by atoms with Gasteiger partial charge in [-0.2, -0.15) is 0 Å². The Kier molecular flexibility index (Phi) is 10.3. The summed E-state index contributed by atoms with van der Waals surface area (Å²) >= 11 is 4.95. The molecule has 1 aromatic carbocycles. The third kappa shape index (κ3) is 7.85. The lowest BCUT2D eigenvalue weighted by atomic mass is 9.85. The average molecular weight is 594 g/mol. The average Bonchev–Trinajstić information content (AvgIpc) is 3.46. The fourth-order valence-electron chi connectivity index (χ4n) is 4.39. The topological polar surface area (TPSA) is 112 Å². The van der Waals surface area contributed by atoms with Gasteiger partial charge in [-0.05, 0) is 36.3 Å². The number of unbranched alkanes of at least 4 members (excludes halogenated alkanes) is 1. The molecule has 3 atom stereocenters. The predicted molar refractivity (Wildman–Crippen MR) is 149 cm³/mol. The van der Waals surface area contributed by atoms with Crippen LogP contribution in [0.4, 0.5) is 0 Å². The highest BCUT2D eigenvalue weighted by Crippen LogP contribution is 2.28. The van der Waals surface area contributed by atoms with E-state index in [-0.39, 0.29) is 30.7 Å². The van der Waals surface area contributed by atoms with Crippen molar-refractivity contribution in [2.24, 2.45) is 5.41 Å². The first-order chi connectivity index (χ1) is 17.5. The van der Waals surface area contributed by atoms with Gasteiger partial charge in [0.1, 0.15) is 12.1 Å². The summed E-state index contributed by atoms with van der Waals surface area (Å²) in [6.45, 7) is 7.99. The van der Waals surface area contributed by atoms with E-state index < -0.39 is 23.6 Å². The van der Waals surface area contributed by atoms with E-state index in [0.29, 0.717) is 13.0 Å². The number of amides is 3. The molecule has 1 saturated heterocycles. The second-order valence-electron chi connectivity index (χ2n) is 10.6. The number of β-amino-alcohol motifs (C(OH)–C–C–N with tert-alkyl or cyclic N) is 1. The maximum atomic E-state index is 13.6. The summed E-state index contributed by atoms with van der Waals surface area (Å²) in [5.41, 5.74) is 4.25. The molecule has 3 unspecified atom stereocenters. The van der Waals surface area contributed by atoms with E-state index in [9.17, 15) is 19.5 Å². The van der Waals surface area contributed by atoms with Crippen molar-refractivity contribution in [2.75, 3.05) is 11.9 Å². The smallest absolute Gasteiger partial charge is 0.246 e. The molecule has 2 heterocycles. The summed E-state index contributed by atoms with van der Waals surface area (Å²) in [6, 6.07) is 6.34. The number of nitrogens with zero attached hydrogens (tertiary/aromatic N) is 2. The van der Waals surface area contributed by atoms with E-state index in [4.69, 9.17) is 0 Å². The van der Waals surface area contributed by atoms with Crippen LogP contribution in [0.3, 0.4) is 0 Å². The van der Waals surface area contributed by atoms with Crippen LogP contribution in [0.5, 0.6) is 0 Å². The molecular weight excluding hydrogens is 556 g/mol. The van der Waals surface area contributed by atoms with E-state index >= 15 is 0 Å². The Morgan fingerprint density at radius 3 is 2.51 bits per heavy atom. The zero-order valence-corrected chi connectivity index (χ0v) is 24.3. The van der Waals surface area contributed by atoms with Crippen LogP contribution < -0.4 is 10.6 Å². The van der Waals surface area contributed by atoms with Crippen LogP contribution in [0, 0.1) is 12.3 Å². The second-order valence-corrected chi connectivity index (χ2v) is 12.2. The van der Waals surface area contributed by atoms with Gasteiger partial charge in [0.05, 0.1) is 22.2 Å². The molecule has 37 heavy (non-hydrogen) atoms. The standard InChI is InChI=1S/C27H37BrN4O4S/c1-17-23(37-16-30-17)19-10-8-18(9-11-19)14-29-25(35)21-13-20(33)15-32(21)26(36)24(27(2,3)4)31-22(34)7-5-6-12-28/h8-11,16,20-21,24,33H,5-7,12-15H2,1-4H3,(H,29,35)(H,31,34). The number of thiazole rings is 1. The van der Waals surface area contributed by atoms with Gasteiger partial charge in [0.15, 0.2) is 0 Å². The normalized spacial score (nSPS) is 18.5. The zero-order valence-electron chi connectivity index (χ0n) is 21.9. The molecule has 0 saturated carbocycles. The summed E-state index contributed by atoms with van der Waals surface area (Å²) in [5.74, 6) is -0.849. The minimum absolute atomic E-state index is 0.0614. The van der Waals surface area contributed by atoms with Gasteiger partial charge < -0.3 is 20.6 Å². The number of aromatic nitrogens is 1. The maximum Gasteiger partial charge on any atom is 0.246 e. The Morgan fingerprint density at radius 1 is 1.22 bits per heavy atom. The number of aliphatic hydroxyl groups is 1. The van der Waals surface area contributed by atoms with Crippen LogP contribution in [-0.2, 0) is 20.9 Å². The van der Waals surface area contributed by atoms with Crippen molar-refractivity contribution >= 4 is 45.0 Å². The molecule has 1 fully saturated rings. The zero-order chi connectivity index (χ0) is 27.2. The number of aliphatic hydroxyl groups excluding tert-OH is 1. The number of nitrogens with one attached hydrogen (secondary N) is 2. The third-order valence-corrected chi connectivity index (χ3v) is 8.04. The molecule has 8 nitrogen and oxygen atoms in total. The van der Waals surface area contributed by atoms with Crippen LogP contribution in [0.25, 0.3) is 10.4 Å². The molecule has 10 heteroatoms. The van der Waals surface area contributed by atoms with Crippen LogP contribution >= 0.6 is 27.3 Å². The molecule has 3 amide bonds. The van der Waals surface area contributed by atoms with Crippen molar-refractivity contribution in [3.8, 4) is 10.4 Å². The van der Waals surface area contributed by atoms with Crippen molar-refractivity contribution in [3.63, 3.8) is 0 Å². The lowest BCUT2D eigenvalue weighted by molar-refractivity contribution is -0.144. The van der Waals surface area contributed by atoms with Gasteiger partial charge in [0, 0.05) is 31.3 Å². The van der Waals surface area contributed by atoms with Crippen molar-refractivity contribution < 1.29 is 19.5 Å². The van der Waals surface area contributed by atoms with E-state index in [1.165, 1.54) is 4.90 Å². The number of hydrogen-bond donors (Lipinski definition) is 3. The Morgan fingerprint density at radius 2 is 1.92 bits per heavy atom. The lowest BCUT2D eigenvalue weighted by Crippen LogP contribution is -2.57. The van der Waals surface area contributed by atoms with Crippen LogP contribution in [0.1, 0.15) is 57.7 Å². The number of carbonyl (C=O) groups excluding carboxylic acids is 3. The predicted octanol–water partition coefficient (Wildman–Crippen LogP) is 3.79. The number of hydrogen-bond acceptors (Lipinski definition) is 6. The molecule has 1 aliphatic heterocycles. The summed E-state index contributed by atoms with van der Waals surface area (Å²) in [4.78, 5) is 46.1. The highest BCUT2D eigenvalue weighted by Gasteiger charge is 2.44. The summed E-state index contributed by atoms with van der Waals surface area (Å²) in [5, 5.41) is 17.0. The number of halogens is 1. The summed E-state index contributed by atoms with van der Waals surface area (Å²) in [6.07, 6.45) is 1.30. The van der Waals surface area contributed by atoms with Crippen LogP contribution in [0.15, 0.2) is 29.8 Å². The van der Waals surface area contributed by atoms with Crippen molar-refractivity contribution in [1.29, 1.82) is 0 Å². The van der Waals surface area contributed by atoms with Crippen molar-refractivity contribution in [2.45, 2.75) is 78.1 Å². The highest BCUT2D eigenvalue weighted by molar-refractivity contribution is 9.09. The number of aryl methyl sites for hydroxylation is 1. The molecular formula is C27H37BrN4O4S. The number of benzene rings is 1. The fourth-order valence-corrected chi connectivity index (χ4v) is 5.60. The van der Waals surface area contributed by atoms with Gasteiger partial charge in [-0.1, -0.05) is 61.0 Å². The molecule has 0 spiro atoms.